The van der Waals surface area contributed by atoms with Crippen molar-refractivity contribution < 1.29 is 23.8 Å². The molecule has 0 radical (unpaired) electrons. The van der Waals surface area contributed by atoms with E-state index in [1.165, 1.54) is 12.1 Å². The van der Waals surface area contributed by atoms with E-state index in [2.05, 4.69) is 0 Å². The van der Waals surface area contributed by atoms with Gasteiger partial charge in [0.05, 0.1) is 6.61 Å². The molecule has 0 aromatic heterocycles. The van der Waals surface area contributed by atoms with E-state index < -0.39 is 13.4 Å². The molecule has 0 aliphatic carbocycles. The number of hydrogen-bond donors (Lipinski definition) is 2. The fraction of sp³-hybridized carbons (Fsp3) is 0.200. The molecule has 2 aromatic carbocycles. The maximum absolute atomic E-state index is 12.4. The van der Waals surface area contributed by atoms with Crippen LogP contribution in [-0.4, -0.2) is 16.6 Å². The van der Waals surface area contributed by atoms with E-state index in [4.69, 9.17) is 9.26 Å². The Balaban J connectivity index is 2.38. The number of ether oxygens (including phenoxy) is 1. The van der Waals surface area contributed by atoms with Gasteiger partial charge >= 0.3 is 7.60 Å². The Kier molecular flexibility index (Phi) is 5.02. The first-order valence-corrected chi connectivity index (χ1v) is 8.16. The van der Waals surface area contributed by atoms with Gasteiger partial charge in [-0.1, -0.05) is 42.5 Å². The van der Waals surface area contributed by atoms with Crippen LogP contribution in [0.15, 0.2) is 54.6 Å². The molecule has 0 heterocycles. The summed E-state index contributed by atoms with van der Waals surface area (Å²) in [6.45, 7) is 1.71. The molecule has 0 saturated carbocycles. The van der Waals surface area contributed by atoms with E-state index in [1.807, 2.05) is 0 Å². The van der Waals surface area contributed by atoms with Crippen LogP contribution in [0.5, 0.6) is 11.5 Å². The predicted octanol–water partition coefficient (Wildman–Crippen LogP) is 3.69. The van der Waals surface area contributed by atoms with Crippen LogP contribution in [0.1, 0.15) is 18.3 Å². The molecule has 112 valence electrons. The lowest BCUT2D eigenvalue weighted by atomic mass is 10.2. The van der Waals surface area contributed by atoms with Gasteiger partial charge in [-0.2, -0.15) is 0 Å². The summed E-state index contributed by atoms with van der Waals surface area (Å²) in [5, 5.41) is 9.76. The molecule has 21 heavy (non-hydrogen) atoms. The van der Waals surface area contributed by atoms with E-state index >= 15 is 0 Å². The largest absolute Gasteiger partial charge is 0.504 e. The maximum atomic E-state index is 12.4. The summed E-state index contributed by atoms with van der Waals surface area (Å²) in [6.07, 6.45) is 0. The molecule has 6 heteroatoms. The highest BCUT2D eigenvalue weighted by Crippen LogP contribution is 2.57. The molecule has 2 aromatic rings. The Morgan fingerprint density at radius 1 is 1.10 bits per heavy atom. The lowest BCUT2D eigenvalue weighted by Crippen LogP contribution is -2.10. The van der Waals surface area contributed by atoms with Gasteiger partial charge in [0, 0.05) is 5.56 Å². The first kappa shape index (κ1) is 15.6. The standard InChI is InChI=1S/C15H17O5P/c1-2-19-21(17,18)15(12-8-4-3-5-9-12)20-14-11-7-6-10-13(14)16/h3-11,15-16H,2H2,1H3,(H,17,18). The van der Waals surface area contributed by atoms with Crippen molar-refractivity contribution in [3.8, 4) is 11.5 Å². The second-order valence-corrected chi connectivity index (χ2v) is 6.19. The number of phenols is 1. The van der Waals surface area contributed by atoms with Crippen LogP contribution in [0.3, 0.4) is 0 Å². The van der Waals surface area contributed by atoms with Crippen LogP contribution in [0.2, 0.25) is 0 Å². The van der Waals surface area contributed by atoms with E-state index in [0.29, 0.717) is 5.56 Å². The summed E-state index contributed by atoms with van der Waals surface area (Å²) in [6, 6.07) is 14.9. The number of benzene rings is 2. The van der Waals surface area contributed by atoms with Crippen LogP contribution < -0.4 is 4.74 Å². The Hall–Kier alpha value is -1.81. The SMILES string of the molecule is CCOP(=O)(O)C(Oc1ccccc1O)c1ccccc1. The molecule has 0 bridgehead atoms. The quantitative estimate of drug-likeness (QED) is 0.796. The molecule has 0 aliphatic rings. The lowest BCUT2D eigenvalue weighted by Gasteiger charge is -2.24. The van der Waals surface area contributed by atoms with E-state index in [0.717, 1.165) is 0 Å². The molecule has 0 saturated heterocycles. The van der Waals surface area contributed by atoms with Gasteiger partial charge in [0.15, 0.2) is 11.5 Å². The molecule has 5 nitrogen and oxygen atoms in total. The highest BCUT2D eigenvalue weighted by Gasteiger charge is 2.36. The van der Waals surface area contributed by atoms with Crippen molar-refractivity contribution in [3.05, 3.63) is 60.2 Å². The van der Waals surface area contributed by atoms with Crippen LogP contribution in [0, 0.1) is 0 Å². The predicted molar refractivity (Wildman–Crippen MR) is 79.4 cm³/mol. The second-order valence-electron chi connectivity index (χ2n) is 4.33. The Labute approximate surface area is 123 Å². The fourth-order valence-electron chi connectivity index (χ4n) is 1.87. The minimum absolute atomic E-state index is 0.0846. The molecular weight excluding hydrogens is 291 g/mol. The number of phenolic OH excluding ortho intramolecular Hbond substituents is 1. The van der Waals surface area contributed by atoms with Crippen molar-refractivity contribution in [3.63, 3.8) is 0 Å². The van der Waals surface area contributed by atoms with E-state index in [1.54, 1.807) is 49.4 Å². The van der Waals surface area contributed by atoms with E-state index in [9.17, 15) is 14.6 Å². The average Bonchev–Trinajstić information content (AvgIpc) is 2.47. The maximum Gasteiger partial charge on any atom is 0.372 e. The monoisotopic (exact) mass is 308 g/mol. The smallest absolute Gasteiger partial charge is 0.372 e. The highest BCUT2D eigenvalue weighted by atomic mass is 31.2. The summed E-state index contributed by atoms with van der Waals surface area (Å²) in [4.78, 5) is 10.1. The Morgan fingerprint density at radius 2 is 1.71 bits per heavy atom. The molecule has 2 rings (SSSR count). The summed E-state index contributed by atoms with van der Waals surface area (Å²) in [5.41, 5.74) is 0.500. The van der Waals surface area contributed by atoms with Crippen LogP contribution in [-0.2, 0) is 9.09 Å². The van der Waals surface area contributed by atoms with Crippen LogP contribution >= 0.6 is 7.60 Å². The molecule has 2 atom stereocenters. The fourth-order valence-corrected chi connectivity index (χ4v) is 3.17. The van der Waals surface area contributed by atoms with Gasteiger partial charge < -0.3 is 19.3 Å². The van der Waals surface area contributed by atoms with Crippen LogP contribution in [0.4, 0.5) is 0 Å². The minimum Gasteiger partial charge on any atom is -0.504 e. The summed E-state index contributed by atoms with van der Waals surface area (Å²) >= 11 is 0. The van der Waals surface area contributed by atoms with E-state index in [-0.39, 0.29) is 18.1 Å². The molecular formula is C15H17O5P. The van der Waals surface area contributed by atoms with Gasteiger partial charge in [0.2, 0.25) is 5.85 Å². The van der Waals surface area contributed by atoms with Crippen molar-refractivity contribution in [1.82, 2.24) is 0 Å². The first-order valence-electron chi connectivity index (χ1n) is 6.51. The van der Waals surface area contributed by atoms with Gasteiger partial charge in [0.1, 0.15) is 0 Å². The summed E-state index contributed by atoms with van der Waals surface area (Å²) < 4.78 is 22.9. The lowest BCUT2D eigenvalue weighted by molar-refractivity contribution is 0.189. The second kappa shape index (κ2) is 6.76. The Morgan fingerprint density at radius 3 is 2.33 bits per heavy atom. The van der Waals surface area contributed by atoms with Crippen molar-refractivity contribution in [1.29, 1.82) is 0 Å². The van der Waals surface area contributed by atoms with Crippen LogP contribution in [0.25, 0.3) is 0 Å². The molecule has 0 amide bonds. The highest BCUT2D eigenvalue weighted by molar-refractivity contribution is 7.53. The third-order valence-corrected chi connectivity index (χ3v) is 4.42. The molecule has 2 unspecified atom stereocenters. The zero-order valence-electron chi connectivity index (χ0n) is 11.5. The van der Waals surface area contributed by atoms with Gasteiger partial charge in [-0.05, 0) is 19.1 Å². The average molecular weight is 308 g/mol. The normalized spacial score (nSPS) is 15.1. The molecule has 0 fully saturated rings. The third-order valence-electron chi connectivity index (χ3n) is 2.80. The van der Waals surface area contributed by atoms with Gasteiger partial charge in [-0.3, -0.25) is 4.57 Å². The first-order chi connectivity index (χ1) is 10.0. The Bertz CT molecular complexity index is 629. The third kappa shape index (κ3) is 3.85. The van der Waals surface area contributed by atoms with Crippen molar-refractivity contribution in [2.24, 2.45) is 0 Å². The van der Waals surface area contributed by atoms with Crippen molar-refractivity contribution in [2.75, 3.05) is 6.61 Å². The van der Waals surface area contributed by atoms with Crippen molar-refractivity contribution in [2.45, 2.75) is 12.8 Å². The topological polar surface area (TPSA) is 76.0 Å². The molecule has 0 aliphatic heterocycles. The summed E-state index contributed by atoms with van der Waals surface area (Å²) in [5.74, 6) is -1.18. The number of para-hydroxylation sites is 2. The molecule has 2 N–H and O–H groups in total. The summed E-state index contributed by atoms with van der Waals surface area (Å²) in [7, 11) is -4.04. The number of rotatable bonds is 6. The minimum atomic E-state index is -4.04. The number of aromatic hydroxyl groups is 1. The molecule has 0 spiro atoms. The van der Waals surface area contributed by atoms with Gasteiger partial charge in [-0.25, -0.2) is 0 Å². The zero-order chi connectivity index (χ0) is 15.3. The van der Waals surface area contributed by atoms with Crippen molar-refractivity contribution >= 4 is 7.60 Å². The van der Waals surface area contributed by atoms with Gasteiger partial charge in [-0.15, -0.1) is 0 Å². The number of hydrogen-bond acceptors (Lipinski definition) is 4. The van der Waals surface area contributed by atoms with Gasteiger partial charge in [0.25, 0.3) is 0 Å². The zero-order valence-corrected chi connectivity index (χ0v) is 12.4.